The van der Waals surface area contributed by atoms with E-state index in [0.29, 0.717) is 5.92 Å². The monoisotopic (exact) mass is 399 g/mol. The lowest BCUT2D eigenvalue weighted by Gasteiger charge is -2.20. The topological polar surface area (TPSA) is 58.3 Å². The van der Waals surface area contributed by atoms with Crippen LogP contribution in [0, 0.1) is 5.82 Å². The molecule has 5 rings (SSSR count). The zero-order chi connectivity index (χ0) is 18.9. The molecule has 146 valence electrons. The predicted octanol–water partition coefficient (Wildman–Crippen LogP) is 3.92. The van der Waals surface area contributed by atoms with E-state index in [9.17, 15) is 4.39 Å². The minimum absolute atomic E-state index is 0.224. The molecule has 0 unspecified atom stereocenters. The van der Waals surface area contributed by atoms with Crippen LogP contribution in [0.3, 0.4) is 0 Å². The van der Waals surface area contributed by atoms with Crippen molar-refractivity contribution >= 4 is 16.5 Å². The first kappa shape index (κ1) is 17.8. The summed E-state index contributed by atoms with van der Waals surface area (Å²) in [5.74, 6) is 1.88. The SMILES string of the molecule is Fc1ccc(-c2csc(N3CCCN(Cc4noc(C5CC5)n4)CC3)n2)cc1. The molecule has 2 aromatic heterocycles. The molecular formula is C20H22FN5OS. The Morgan fingerprint density at radius 1 is 1.07 bits per heavy atom. The van der Waals surface area contributed by atoms with Gasteiger partial charge in [-0.15, -0.1) is 11.3 Å². The van der Waals surface area contributed by atoms with Gasteiger partial charge in [0.2, 0.25) is 5.89 Å². The fraction of sp³-hybridized carbons (Fsp3) is 0.450. The molecule has 0 atom stereocenters. The van der Waals surface area contributed by atoms with E-state index in [2.05, 4.69) is 19.9 Å². The standard InChI is InChI=1S/C20H22FN5OS/c21-16-6-4-14(5-7-16)17-13-28-20(22-17)26-9-1-8-25(10-11-26)12-18-23-19(27-24-18)15-2-3-15/h4-7,13,15H,1-3,8-12H2. The number of thiazole rings is 1. The molecule has 3 aromatic rings. The van der Waals surface area contributed by atoms with Crippen molar-refractivity contribution in [2.24, 2.45) is 0 Å². The molecule has 1 saturated carbocycles. The van der Waals surface area contributed by atoms with Gasteiger partial charge in [0.05, 0.1) is 12.2 Å². The van der Waals surface area contributed by atoms with E-state index in [1.807, 2.05) is 5.38 Å². The van der Waals surface area contributed by atoms with Gasteiger partial charge in [0.15, 0.2) is 11.0 Å². The molecule has 0 amide bonds. The summed E-state index contributed by atoms with van der Waals surface area (Å²) in [6.07, 6.45) is 3.42. The van der Waals surface area contributed by atoms with Gasteiger partial charge in [0.1, 0.15) is 5.82 Å². The third-order valence-electron chi connectivity index (χ3n) is 5.27. The highest BCUT2D eigenvalue weighted by molar-refractivity contribution is 7.14. The summed E-state index contributed by atoms with van der Waals surface area (Å²) in [5.41, 5.74) is 1.85. The zero-order valence-electron chi connectivity index (χ0n) is 15.6. The van der Waals surface area contributed by atoms with Crippen LogP contribution in [0.5, 0.6) is 0 Å². The molecule has 1 aliphatic carbocycles. The Labute approximate surface area is 167 Å². The number of nitrogens with zero attached hydrogens (tertiary/aromatic N) is 5. The van der Waals surface area contributed by atoms with Crippen molar-refractivity contribution < 1.29 is 8.91 Å². The Morgan fingerprint density at radius 2 is 1.93 bits per heavy atom. The maximum atomic E-state index is 13.1. The molecular weight excluding hydrogens is 377 g/mol. The second-order valence-electron chi connectivity index (χ2n) is 7.46. The lowest BCUT2D eigenvalue weighted by atomic mass is 10.2. The third-order valence-corrected chi connectivity index (χ3v) is 6.17. The lowest BCUT2D eigenvalue weighted by molar-refractivity contribution is 0.271. The van der Waals surface area contributed by atoms with Crippen molar-refractivity contribution in [3.8, 4) is 11.3 Å². The van der Waals surface area contributed by atoms with Crippen LogP contribution in [0.2, 0.25) is 0 Å². The van der Waals surface area contributed by atoms with Crippen molar-refractivity contribution in [2.75, 3.05) is 31.1 Å². The van der Waals surface area contributed by atoms with Crippen LogP contribution in [0.4, 0.5) is 9.52 Å². The minimum atomic E-state index is -0.224. The molecule has 0 radical (unpaired) electrons. The molecule has 6 nitrogen and oxygen atoms in total. The van der Waals surface area contributed by atoms with Crippen molar-refractivity contribution in [3.63, 3.8) is 0 Å². The molecule has 0 spiro atoms. The molecule has 28 heavy (non-hydrogen) atoms. The van der Waals surface area contributed by atoms with Crippen LogP contribution < -0.4 is 4.90 Å². The quantitative estimate of drug-likeness (QED) is 0.648. The third kappa shape index (κ3) is 3.93. The predicted molar refractivity (Wildman–Crippen MR) is 106 cm³/mol. The summed E-state index contributed by atoms with van der Waals surface area (Å²) in [7, 11) is 0. The molecule has 3 heterocycles. The Morgan fingerprint density at radius 3 is 2.75 bits per heavy atom. The van der Waals surface area contributed by atoms with Crippen molar-refractivity contribution in [1.82, 2.24) is 20.0 Å². The highest BCUT2D eigenvalue weighted by atomic mass is 32.1. The maximum absolute atomic E-state index is 13.1. The van der Waals surface area contributed by atoms with Gasteiger partial charge in [-0.1, -0.05) is 5.16 Å². The van der Waals surface area contributed by atoms with Crippen LogP contribution in [-0.2, 0) is 6.54 Å². The highest BCUT2D eigenvalue weighted by Gasteiger charge is 2.30. The molecule has 0 bridgehead atoms. The smallest absolute Gasteiger partial charge is 0.229 e. The van der Waals surface area contributed by atoms with Crippen LogP contribution in [0.15, 0.2) is 34.2 Å². The number of rotatable bonds is 5. The number of halogens is 1. The molecule has 0 N–H and O–H groups in total. The first-order valence-electron chi connectivity index (χ1n) is 9.76. The van der Waals surface area contributed by atoms with Gasteiger partial charge in [-0.3, -0.25) is 4.90 Å². The van der Waals surface area contributed by atoms with Crippen LogP contribution >= 0.6 is 11.3 Å². The van der Waals surface area contributed by atoms with Crippen LogP contribution in [0.1, 0.15) is 36.9 Å². The summed E-state index contributed by atoms with van der Waals surface area (Å²) in [6, 6.07) is 6.51. The van der Waals surface area contributed by atoms with Gasteiger partial charge in [0, 0.05) is 43.0 Å². The summed E-state index contributed by atoms with van der Waals surface area (Å²) in [4.78, 5) is 14.0. The Kier molecular flexibility index (Phi) is 4.82. The number of hydrogen-bond donors (Lipinski definition) is 0. The molecule has 1 aromatic carbocycles. The van der Waals surface area contributed by atoms with Gasteiger partial charge in [-0.05, 0) is 43.5 Å². The summed E-state index contributed by atoms with van der Waals surface area (Å²) >= 11 is 1.65. The first-order chi connectivity index (χ1) is 13.7. The normalized spacial score (nSPS) is 18.4. The molecule has 1 aliphatic heterocycles. The number of aromatic nitrogens is 3. The van der Waals surface area contributed by atoms with E-state index in [1.54, 1.807) is 23.5 Å². The summed E-state index contributed by atoms with van der Waals surface area (Å²) in [6.45, 7) is 4.59. The van der Waals surface area contributed by atoms with E-state index in [0.717, 1.165) is 67.2 Å². The van der Waals surface area contributed by atoms with E-state index < -0.39 is 0 Å². The molecule has 2 aliphatic rings. The average Bonchev–Trinajstić information content (AvgIpc) is 3.34. The summed E-state index contributed by atoms with van der Waals surface area (Å²) < 4.78 is 18.5. The lowest BCUT2D eigenvalue weighted by Crippen LogP contribution is -2.30. The second kappa shape index (κ2) is 7.60. The molecule has 8 heteroatoms. The van der Waals surface area contributed by atoms with E-state index in [1.165, 1.54) is 25.0 Å². The van der Waals surface area contributed by atoms with Gasteiger partial charge in [-0.2, -0.15) is 4.98 Å². The largest absolute Gasteiger partial charge is 0.347 e. The first-order valence-corrected chi connectivity index (χ1v) is 10.6. The van der Waals surface area contributed by atoms with Gasteiger partial charge < -0.3 is 9.42 Å². The Hall–Kier alpha value is -2.32. The number of benzene rings is 1. The number of hydrogen-bond acceptors (Lipinski definition) is 7. The average molecular weight is 399 g/mol. The second-order valence-corrected chi connectivity index (χ2v) is 8.30. The fourth-order valence-electron chi connectivity index (χ4n) is 3.51. The Bertz CT molecular complexity index is 936. The highest BCUT2D eigenvalue weighted by Crippen LogP contribution is 2.38. The van der Waals surface area contributed by atoms with E-state index in [4.69, 9.17) is 9.51 Å². The van der Waals surface area contributed by atoms with E-state index >= 15 is 0 Å². The Balaban J connectivity index is 1.21. The van der Waals surface area contributed by atoms with Gasteiger partial charge in [-0.25, -0.2) is 9.37 Å². The molecule has 2 fully saturated rings. The zero-order valence-corrected chi connectivity index (χ0v) is 16.4. The van der Waals surface area contributed by atoms with Crippen molar-refractivity contribution in [3.05, 3.63) is 47.2 Å². The maximum Gasteiger partial charge on any atom is 0.229 e. The van der Waals surface area contributed by atoms with Gasteiger partial charge >= 0.3 is 0 Å². The molecule has 1 saturated heterocycles. The summed E-state index contributed by atoms with van der Waals surface area (Å²) in [5, 5.41) is 7.21. The number of anilines is 1. The van der Waals surface area contributed by atoms with Crippen LogP contribution in [0.25, 0.3) is 11.3 Å². The van der Waals surface area contributed by atoms with Crippen molar-refractivity contribution in [1.29, 1.82) is 0 Å². The van der Waals surface area contributed by atoms with E-state index in [-0.39, 0.29) is 5.82 Å². The van der Waals surface area contributed by atoms with Crippen molar-refractivity contribution in [2.45, 2.75) is 31.7 Å². The van der Waals surface area contributed by atoms with Gasteiger partial charge in [0.25, 0.3) is 0 Å². The van der Waals surface area contributed by atoms with Crippen LogP contribution in [-0.4, -0.2) is 46.2 Å². The fourth-order valence-corrected chi connectivity index (χ4v) is 4.40. The minimum Gasteiger partial charge on any atom is -0.347 e.